The third-order valence-corrected chi connectivity index (χ3v) is 6.40. The summed E-state index contributed by atoms with van der Waals surface area (Å²) in [4.78, 5) is 13.0. The molecule has 1 heterocycles. The van der Waals surface area contributed by atoms with Crippen molar-refractivity contribution in [1.29, 1.82) is 0 Å². The number of rotatable bonds is 3. The van der Waals surface area contributed by atoms with Crippen molar-refractivity contribution < 1.29 is 9.53 Å². The van der Waals surface area contributed by atoms with E-state index in [0.29, 0.717) is 5.92 Å². The number of carbonyl (C=O) groups excluding carboxylic acids is 1. The monoisotopic (exact) mass is 314 g/mol. The first kappa shape index (κ1) is 15.2. The minimum atomic E-state index is -0.804. The normalized spacial score (nSPS) is 40.7. The van der Waals surface area contributed by atoms with E-state index in [9.17, 15) is 4.79 Å². The molecule has 0 aromatic heterocycles. The Morgan fingerprint density at radius 1 is 1.30 bits per heavy atom. The first-order chi connectivity index (χ1) is 11.0. The highest BCUT2D eigenvalue weighted by Gasteiger charge is 2.70. The van der Waals surface area contributed by atoms with Crippen molar-refractivity contribution in [2.24, 2.45) is 17.1 Å². The molecule has 2 saturated carbocycles. The van der Waals surface area contributed by atoms with Gasteiger partial charge in [-0.3, -0.25) is 4.79 Å². The predicted molar refractivity (Wildman–Crippen MR) is 88.9 cm³/mol. The zero-order chi connectivity index (χ0) is 16.2. The number of hydrogen-bond acceptors (Lipinski definition) is 3. The Morgan fingerprint density at radius 3 is 2.78 bits per heavy atom. The summed E-state index contributed by atoms with van der Waals surface area (Å²) in [6.45, 7) is 4.93. The fraction of sp³-hybridized carbons (Fsp3) is 0.632. The van der Waals surface area contributed by atoms with E-state index in [4.69, 9.17) is 10.5 Å². The molecule has 1 saturated heterocycles. The molecule has 4 heteroatoms. The van der Waals surface area contributed by atoms with Crippen molar-refractivity contribution >= 4 is 5.91 Å². The van der Waals surface area contributed by atoms with E-state index in [0.717, 1.165) is 25.9 Å². The van der Waals surface area contributed by atoms with Crippen LogP contribution in [0.3, 0.4) is 0 Å². The second-order valence-electron chi connectivity index (χ2n) is 7.96. The Labute approximate surface area is 137 Å². The van der Waals surface area contributed by atoms with Gasteiger partial charge in [-0.15, -0.1) is 0 Å². The van der Waals surface area contributed by atoms with Gasteiger partial charge in [0, 0.05) is 29.9 Å². The molecule has 3 N–H and O–H groups in total. The summed E-state index contributed by atoms with van der Waals surface area (Å²) in [6, 6.07) is 10.6. The highest BCUT2D eigenvalue weighted by molar-refractivity contribution is 5.90. The first-order valence-corrected chi connectivity index (χ1v) is 8.72. The number of nitrogens with two attached hydrogens (primary N) is 1. The minimum Gasteiger partial charge on any atom is -0.377 e. The second-order valence-corrected chi connectivity index (χ2v) is 7.96. The van der Waals surface area contributed by atoms with Crippen molar-refractivity contribution in [2.45, 2.75) is 56.7 Å². The summed E-state index contributed by atoms with van der Waals surface area (Å²) in [5.41, 5.74) is 6.84. The second kappa shape index (κ2) is 5.05. The highest BCUT2D eigenvalue weighted by atomic mass is 16.5. The fourth-order valence-corrected chi connectivity index (χ4v) is 4.75. The predicted octanol–water partition coefficient (Wildman–Crippen LogP) is 2.19. The third-order valence-electron chi connectivity index (χ3n) is 6.40. The largest absolute Gasteiger partial charge is 0.377 e. The van der Waals surface area contributed by atoms with Gasteiger partial charge in [0.15, 0.2) is 0 Å². The summed E-state index contributed by atoms with van der Waals surface area (Å²) in [5.74, 6) is 0.600. The average molecular weight is 314 g/mol. The number of hydrogen-bond donors (Lipinski definition) is 2. The van der Waals surface area contributed by atoms with Crippen LogP contribution in [0.25, 0.3) is 0 Å². The number of carbonyl (C=O) groups is 1. The van der Waals surface area contributed by atoms with Crippen molar-refractivity contribution in [2.75, 3.05) is 6.61 Å². The lowest BCUT2D eigenvalue weighted by Gasteiger charge is -2.65. The van der Waals surface area contributed by atoms with Crippen LogP contribution < -0.4 is 11.1 Å². The molecular formula is C19H26N2O2. The molecule has 5 atom stereocenters. The van der Waals surface area contributed by atoms with Crippen LogP contribution in [0.4, 0.5) is 0 Å². The van der Waals surface area contributed by atoms with Gasteiger partial charge in [-0.2, -0.15) is 0 Å². The van der Waals surface area contributed by atoms with Gasteiger partial charge in [0.25, 0.3) is 0 Å². The molecule has 4 rings (SSSR count). The molecule has 1 amide bonds. The minimum absolute atomic E-state index is 0.0117. The van der Waals surface area contributed by atoms with Crippen molar-refractivity contribution in [3.63, 3.8) is 0 Å². The van der Waals surface area contributed by atoms with Crippen molar-refractivity contribution in [1.82, 2.24) is 5.32 Å². The van der Waals surface area contributed by atoms with Gasteiger partial charge in [0.05, 0.1) is 6.10 Å². The lowest BCUT2D eigenvalue weighted by Crippen LogP contribution is -2.82. The van der Waals surface area contributed by atoms with Gasteiger partial charge >= 0.3 is 0 Å². The summed E-state index contributed by atoms with van der Waals surface area (Å²) >= 11 is 0. The lowest BCUT2D eigenvalue weighted by molar-refractivity contribution is -0.225. The molecule has 23 heavy (non-hydrogen) atoms. The maximum Gasteiger partial charge on any atom is 0.241 e. The Hall–Kier alpha value is -1.39. The molecule has 0 spiro atoms. The molecule has 3 aliphatic rings. The van der Waals surface area contributed by atoms with Gasteiger partial charge in [0.1, 0.15) is 5.54 Å². The van der Waals surface area contributed by atoms with Crippen LogP contribution in [0, 0.1) is 11.3 Å². The number of ether oxygens (including phenoxy) is 1. The van der Waals surface area contributed by atoms with Crippen molar-refractivity contribution in [3.8, 4) is 0 Å². The van der Waals surface area contributed by atoms with Crippen LogP contribution in [-0.4, -0.2) is 30.2 Å². The van der Waals surface area contributed by atoms with Crippen LogP contribution in [-0.2, 0) is 9.53 Å². The Balaban J connectivity index is 1.45. The van der Waals surface area contributed by atoms with E-state index in [1.165, 1.54) is 5.56 Å². The maximum atomic E-state index is 13.0. The van der Waals surface area contributed by atoms with Crippen molar-refractivity contribution in [3.05, 3.63) is 35.9 Å². The maximum absolute atomic E-state index is 13.0. The SMILES string of the molecule is CC1(C)C2OCCCC2C1(N)C(=O)NC1CC1c1ccccc1. The molecule has 0 radical (unpaired) electrons. The quantitative estimate of drug-likeness (QED) is 0.899. The fourth-order valence-electron chi connectivity index (χ4n) is 4.75. The zero-order valence-electron chi connectivity index (χ0n) is 13.9. The molecule has 5 unspecified atom stereocenters. The van der Waals surface area contributed by atoms with Crippen LogP contribution in [0.2, 0.25) is 0 Å². The van der Waals surface area contributed by atoms with Gasteiger partial charge < -0.3 is 15.8 Å². The van der Waals surface area contributed by atoms with E-state index in [2.05, 4.69) is 43.4 Å². The molecule has 4 nitrogen and oxygen atoms in total. The van der Waals surface area contributed by atoms with Gasteiger partial charge in [0.2, 0.25) is 5.91 Å². The van der Waals surface area contributed by atoms with E-state index in [1.54, 1.807) is 0 Å². The molecule has 1 aromatic carbocycles. The third kappa shape index (κ3) is 2.08. The van der Waals surface area contributed by atoms with E-state index >= 15 is 0 Å². The van der Waals surface area contributed by atoms with Crippen LogP contribution in [0.5, 0.6) is 0 Å². The van der Waals surface area contributed by atoms with E-state index in [1.807, 2.05) is 6.07 Å². The van der Waals surface area contributed by atoms with Gasteiger partial charge in [-0.05, 0) is 24.8 Å². The molecule has 0 bridgehead atoms. The molecule has 124 valence electrons. The lowest BCUT2D eigenvalue weighted by atomic mass is 9.46. The molecular weight excluding hydrogens is 288 g/mol. The number of fused-ring (bicyclic) bond motifs is 1. The van der Waals surface area contributed by atoms with Gasteiger partial charge in [-0.1, -0.05) is 44.2 Å². The molecule has 1 aliphatic heterocycles. The average Bonchev–Trinajstić information content (AvgIpc) is 3.34. The molecule has 1 aromatic rings. The first-order valence-electron chi connectivity index (χ1n) is 8.72. The van der Waals surface area contributed by atoms with E-state index in [-0.39, 0.29) is 29.4 Å². The number of benzene rings is 1. The summed E-state index contributed by atoms with van der Waals surface area (Å²) in [5, 5.41) is 3.21. The van der Waals surface area contributed by atoms with E-state index < -0.39 is 5.54 Å². The summed E-state index contributed by atoms with van der Waals surface area (Å²) in [6.07, 6.45) is 3.12. The summed E-state index contributed by atoms with van der Waals surface area (Å²) in [7, 11) is 0. The van der Waals surface area contributed by atoms with Crippen LogP contribution in [0.1, 0.15) is 44.6 Å². The summed E-state index contributed by atoms with van der Waals surface area (Å²) < 4.78 is 5.89. The topological polar surface area (TPSA) is 64.3 Å². The molecule has 3 fully saturated rings. The van der Waals surface area contributed by atoms with Crippen LogP contribution in [0.15, 0.2) is 30.3 Å². The molecule has 2 aliphatic carbocycles. The smallest absolute Gasteiger partial charge is 0.241 e. The van der Waals surface area contributed by atoms with Crippen LogP contribution >= 0.6 is 0 Å². The highest BCUT2D eigenvalue weighted by Crippen LogP contribution is 2.57. The van der Waals surface area contributed by atoms with Gasteiger partial charge in [-0.25, -0.2) is 0 Å². The number of amides is 1. The Bertz CT molecular complexity index is 615. The Morgan fingerprint density at radius 2 is 2.04 bits per heavy atom. The Kier molecular flexibility index (Phi) is 3.33. The zero-order valence-corrected chi connectivity index (χ0v) is 13.9. The standard InChI is InChI=1S/C19H26N2O2/c1-18(2)16-14(9-6-10-23-16)19(18,20)17(22)21-15-11-13(15)12-7-4-3-5-8-12/h3-5,7-8,13-16H,6,9-11,20H2,1-2H3,(H,21,22). The number of nitrogens with one attached hydrogen (secondary N) is 1.